The second kappa shape index (κ2) is 6.53. The van der Waals surface area contributed by atoms with Crippen molar-refractivity contribution < 1.29 is 9.53 Å². The molecule has 0 N–H and O–H groups in total. The van der Waals surface area contributed by atoms with Gasteiger partial charge in [-0.2, -0.15) is 0 Å². The van der Waals surface area contributed by atoms with Crippen LogP contribution in [0.15, 0.2) is 29.4 Å². The molecule has 0 aliphatic carbocycles. The summed E-state index contributed by atoms with van der Waals surface area (Å²) in [5.41, 5.74) is 1.06. The molecule has 0 fully saturated rings. The molecule has 0 saturated carbocycles. The Bertz CT molecular complexity index is 575. The predicted octanol–water partition coefficient (Wildman–Crippen LogP) is 1.79. The molecule has 0 radical (unpaired) electrons. The lowest BCUT2D eigenvalue weighted by molar-refractivity contribution is -0.141. The van der Waals surface area contributed by atoms with Gasteiger partial charge in [0.2, 0.25) is 5.16 Å². The van der Waals surface area contributed by atoms with E-state index in [2.05, 4.69) is 20.3 Å². The maximum atomic E-state index is 11.2. The van der Waals surface area contributed by atoms with Gasteiger partial charge in [-0.05, 0) is 28.1 Å². The molecular weight excluding hydrogens is 288 g/mol. The SMILES string of the molecule is COC(=O)Cn1nnnc1SCc1cccc(Cl)c1. The van der Waals surface area contributed by atoms with Gasteiger partial charge in [0, 0.05) is 10.8 Å². The first-order chi connectivity index (χ1) is 9.19. The van der Waals surface area contributed by atoms with Gasteiger partial charge in [-0.3, -0.25) is 4.79 Å². The van der Waals surface area contributed by atoms with Gasteiger partial charge in [-0.15, -0.1) is 5.10 Å². The van der Waals surface area contributed by atoms with Gasteiger partial charge in [0.15, 0.2) is 0 Å². The van der Waals surface area contributed by atoms with Gasteiger partial charge in [0.1, 0.15) is 6.54 Å². The zero-order chi connectivity index (χ0) is 13.7. The van der Waals surface area contributed by atoms with Gasteiger partial charge in [-0.25, -0.2) is 4.68 Å². The number of ether oxygens (including phenoxy) is 1. The quantitative estimate of drug-likeness (QED) is 0.619. The highest BCUT2D eigenvalue weighted by Gasteiger charge is 2.11. The standard InChI is InChI=1S/C11H11ClN4O2S/c1-18-10(17)6-16-11(13-14-15-16)19-7-8-3-2-4-9(12)5-8/h2-5H,6-7H2,1H3. The third-order valence-electron chi connectivity index (χ3n) is 2.26. The van der Waals surface area contributed by atoms with Crippen molar-refractivity contribution in [3.63, 3.8) is 0 Å². The number of benzene rings is 1. The lowest BCUT2D eigenvalue weighted by Gasteiger charge is -2.03. The lowest BCUT2D eigenvalue weighted by atomic mass is 10.2. The molecule has 0 aliphatic heterocycles. The first-order valence-electron chi connectivity index (χ1n) is 5.39. The lowest BCUT2D eigenvalue weighted by Crippen LogP contribution is -2.13. The Morgan fingerprint density at radius 1 is 1.53 bits per heavy atom. The molecule has 6 nitrogen and oxygen atoms in total. The first-order valence-corrected chi connectivity index (χ1v) is 6.75. The van der Waals surface area contributed by atoms with E-state index in [4.69, 9.17) is 11.6 Å². The number of aromatic nitrogens is 4. The summed E-state index contributed by atoms with van der Waals surface area (Å²) in [6.45, 7) is 0.00137. The molecule has 0 unspecified atom stereocenters. The minimum atomic E-state index is -0.392. The number of carbonyl (C=O) groups is 1. The number of methoxy groups -OCH3 is 1. The van der Waals surface area contributed by atoms with Crippen LogP contribution in [0, 0.1) is 0 Å². The molecule has 0 bridgehead atoms. The monoisotopic (exact) mass is 298 g/mol. The van der Waals surface area contributed by atoms with Crippen LogP contribution < -0.4 is 0 Å². The van der Waals surface area contributed by atoms with E-state index in [1.54, 1.807) is 0 Å². The third-order valence-corrected chi connectivity index (χ3v) is 3.53. The fourth-order valence-electron chi connectivity index (χ4n) is 1.36. The highest BCUT2D eigenvalue weighted by Crippen LogP contribution is 2.21. The van der Waals surface area contributed by atoms with E-state index in [9.17, 15) is 4.79 Å². The third kappa shape index (κ3) is 3.93. The summed E-state index contributed by atoms with van der Waals surface area (Å²) < 4.78 is 5.98. The van der Waals surface area contributed by atoms with E-state index in [1.165, 1.54) is 23.6 Å². The number of nitrogens with zero attached hydrogens (tertiary/aromatic N) is 4. The van der Waals surface area contributed by atoms with Crippen molar-refractivity contribution >= 4 is 29.3 Å². The zero-order valence-electron chi connectivity index (χ0n) is 10.1. The van der Waals surface area contributed by atoms with Crippen molar-refractivity contribution in [2.45, 2.75) is 17.5 Å². The molecule has 0 spiro atoms. The van der Waals surface area contributed by atoms with Crippen molar-refractivity contribution in [2.24, 2.45) is 0 Å². The predicted molar refractivity (Wildman–Crippen MR) is 70.8 cm³/mol. The molecule has 2 rings (SSSR count). The smallest absolute Gasteiger partial charge is 0.327 e. The molecule has 1 aromatic carbocycles. The van der Waals surface area contributed by atoms with Crippen LogP contribution in [0.25, 0.3) is 0 Å². The molecule has 1 aromatic heterocycles. The number of halogens is 1. The maximum absolute atomic E-state index is 11.2. The Morgan fingerprint density at radius 3 is 3.11 bits per heavy atom. The van der Waals surface area contributed by atoms with Crippen molar-refractivity contribution in [1.82, 2.24) is 20.2 Å². The normalized spacial score (nSPS) is 10.4. The summed E-state index contributed by atoms with van der Waals surface area (Å²) >= 11 is 7.34. The average Bonchev–Trinajstić information content (AvgIpc) is 2.83. The number of thioether (sulfide) groups is 1. The van der Waals surface area contributed by atoms with Gasteiger partial charge >= 0.3 is 5.97 Å². The van der Waals surface area contributed by atoms with E-state index in [0.717, 1.165) is 5.56 Å². The Hall–Kier alpha value is -1.60. The Kier molecular flexibility index (Phi) is 4.75. The van der Waals surface area contributed by atoms with Crippen LogP contribution in [0.2, 0.25) is 5.02 Å². The summed E-state index contributed by atoms with van der Waals surface area (Å²) in [4.78, 5) is 11.2. The van der Waals surface area contributed by atoms with Crippen LogP contribution in [0.1, 0.15) is 5.56 Å². The molecule has 19 heavy (non-hydrogen) atoms. The van der Waals surface area contributed by atoms with Crippen LogP contribution in [0.3, 0.4) is 0 Å². The molecule has 100 valence electrons. The maximum Gasteiger partial charge on any atom is 0.327 e. The van der Waals surface area contributed by atoms with E-state index in [0.29, 0.717) is 15.9 Å². The van der Waals surface area contributed by atoms with Crippen molar-refractivity contribution in [3.05, 3.63) is 34.9 Å². The van der Waals surface area contributed by atoms with Crippen LogP contribution in [0.4, 0.5) is 0 Å². The Balaban J connectivity index is 2.00. The number of hydrogen-bond donors (Lipinski definition) is 0. The van der Waals surface area contributed by atoms with Crippen LogP contribution in [0.5, 0.6) is 0 Å². The van der Waals surface area contributed by atoms with Gasteiger partial charge in [-0.1, -0.05) is 35.5 Å². The molecule has 0 amide bonds. The second-order valence-corrected chi connectivity index (χ2v) is 4.99. The van der Waals surface area contributed by atoms with E-state index in [1.807, 2.05) is 24.3 Å². The summed E-state index contributed by atoms with van der Waals surface area (Å²) in [5.74, 6) is 0.277. The van der Waals surface area contributed by atoms with E-state index in [-0.39, 0.29) is 6.54 Å². The summed E-state index contributed by atoms with van der Waals surface area (Å²) in [6, 6.07) is 7.54. The number of hydrogen-bond acceptors (Lipinski definition) is 6. The molecule has 1 heterocycles. The zero-order valence-corrected chi connectivity index (χ0v) is 11.7. The van der Waals surface area contributed by atoms with E-state index < -0.39 is 5.97 Å². The largest absolute Gasteiger partial charge is 0.468 e. The number of esters is 1. The minimum Gasteiger partial charge on any atom is -0.468 e. The van der Waals surface area contributed by atoms with Crippen LogP contribution in [-0.4, -0.2) is 33.3 Å². The average molecular weight is 299 g/mol. The topological polar surface area (TPSA) is 69.9 Å². The van der Waals surface area contributed by atoms with Crippen molar-refractivity contribution in [1.29, 1.82) is 0 Å². The molecular formula is C11H11ClN4O2S. The highest BCUT2D eigenvalue weighted by atomic mass is 35.5. The number of tetrazole rings is 1. The number of rotatable bonds is 5. The molecule has 2 aromatic rings. The molecule has 8 heteroatoms. The summed E-state index contributed by atoms with van der Waals surface area (Å²) in [7, 11) is 1.32. The van der Waals surface area contributed by atoms with Crippen LogP contribution in [-0.2, 0) is 21.8 Å². The highest BCUT2D eigenvalue weighted by molar-refractivity contribution is 7.98. The van der Waals surface area contributed by atoms with Gasteiger partial charge < -0.3 is 4.74 Å². The Morgan fingerprint density at radius 2 is 2.37 bits per heavy atom. The van der Waals surface area contributed by atoms with Gasteiger partial charge in [0.25, 0.3) is 0 Å². The first kappa shape index (κ1) is 13.8. The van der Waals surface area contributed by atoms with Crippen LogP contribution >= 0.6 is 23.4 Å². The molecule has 0 atom stereocenters. The second-order valence-electron chi connectivity index (χ2n) is 3.61. The van der Waals surface area contributed by atoms with Crippen molar-refractivity contribution in [2.75, 3.05) is 7.11 Å². The fraction of sp³-hybridized carbons (Fsp3) is 0.273. The van der Waals surface area contributed by atoms with Gasteiger partial charge in [0.05, 0.1) is 7.11 Å². The molecule has 0 aliphatic rings. The van der Waals surface area contributed by atoms with E-state index >= 15 is 0 Å². The summed E-state index contributed by atoms with van der Waals surface area (Å²) in [5, 5.41) is 12.4. The Labute approximate surface area is 119 Å². The summed E-state index contributed by atoms with van der Waals surface area (Å²) in [6.07, 6.45) is 0. The fourth-order valence-corrected chi connectivity index (χ4v) is 2.39. The van der Waals surface area contributed by atoms with Crippen molar-refractivity contribution in [3.8, 4) is 0 Å². The molecule has 0 saturated heterocycles. The minimum absolute atomic E-state index is 0.00137. The number of carbonyl (C=O) groups excluding carboxylic acids is 1.